The van der Waals surface area contributed by atoms with E-state index >= 15 is 0 Å². The second kappa shape index (κ2) is 9.51. The van der Waals surface area contributed by atoms with Crippen LogP contribution in [0.25, 0.3) is 22.8 Å². The average Bonchev–Trinajstić information content (AvgIpc) is 3.09. The van der Waals surface area contributed by atoms with Gasteiger partial charge in [-0.15, -0.1) is 0 Å². The zero-order chi connectivity index (χ0) is 24.3. The van der Waals surface area contributed by atoms with E-state index in [-0.39, 0.29) is 23.0 Å². The molecule has 34 heavy (non-hydrogen) atoms. The third kappa shape index (κ3) is 5.17. The van der Waals surface area contributed by atoms with Gasteiger partial charge in [-0.05, 0) is 73.2 Å². The lowest BCUT2D eigenvalue weighted by molar-refractivity contribution is -0.384. The van der Waals surface area contributed by atoms with Gasteiger partial charge < -0.3 is 9.47 Å². The topological polar surface area (TPSA) is 78.7 Å². The maximum Gasteiger partial charge on any atom is 0.306 e. The van der Waals surface area contributed by atoms with E-state index in [2.05, 4.69) is 0 Å². The van der Waals surface area contributed by atoms with Crippen LogP contribution in [0.3, 0.4) is 0 Å². The minimum atomic E-state index is -0.500. The normalized spacial score (nSPS) is 13.3. The van der Waals surface area contributed by atoms with E-state index in [4.69, 9.17) is 9.47 Å². The fraction of sp³-hybridized carbons (Fsp3) is 0.250. The van der Waals surface area contributed by atoms with Crippen LogP contribution < -0.4 is 4.74 Å². The second-order valence-electron chi connectivity index (χ2n) is 9.17. The van der Waals surface area contributed by atoms with Gasteiger partial charge in [0.15, 0.2) is 0 Å². The first-order valence-electron chi connectivity index (χ1n) is 11.3. The summed E-state index contributed by atoms with van der Waals surface area (Å²) in [5, 5.41) is 11.4. The summed E-state index contributed by atoms with van der Waals surface area (Å²) in [7, 11) is 0. The van der Waals surface area contributed by atoms with Crippen LogP contribution in [0, 0.1) is 10.1 Å². The predicted octanol–water partition coefficient (Wildman–Crippen LogP) is 6.66. The van der Waals surface area contributed by atoms with Crippen LogP contribution in [-0.4, -0.2) is 23.1 Å². The van der Waals surface area contributed by atoms with Crippen LogP contribution in [0.15, 0.2) is 66.7 Å². The highest BCUT2D eigenvalue weighted by atomic mass is 16.6. The van der Waals surface area contributed by atoms with Gasteiger partial charge in [0.05, 0.1) is 11.5 Å². The van der Waals surface area contributed by atoms with E-state index < -0.39 is 5.60 Å². The first-order chi connectivity index (χ1) is 16.2. The summed E-state index contributed by atoms with van der Waals surface area (Å²) in [6.45, 7) is 5.91. The van der Waals surface area contributed by atoms with Crippen molar-refractivity contribution in [3.8, 4) is 16.9 Å². The number of nitro benzene ring substituents is 1. The minimum Gasteiger partial charge on any atom is -0.493 e. The van der Waals surface area contributed by atoms with E-state index in [1.807, 2.05) is 81.4 Å². The molecule has 0 amide bonds. The van der Waals surface area contributed by atoms with Crippen LogP contribution in [-0.2, 0) is 9.53 Å². The summed E-state index contributed by atoms with van der Waals surface area (Å²) >= 11 is 0. The van der Waals surface area contributed by atoms with E-state index in [1.54, 1.807) is 12.1 Å². The van der Waals surface area contributed by atoms with E-state index in [9.17, 15) is 14.9 Å². The van der Waals surface area contributed by atoms with E-state index in [0.29, 0.717) is 18.8 Å². The highest BCUT2D eigenvalue weighted by Crippen LogP contribution is 2.46. The Bertz CT molecular complexity index is 1270. The number of carbonyl (C=O) groups is 1. The number of fused-ring (bicyclic) bond motifs is 3. The minimum absolute atomic E-state index is 0.0594. The molecule has 0 saturated heterocycles. The Morgan fingerprint density at radius 2 is 1.62 bits per heavy atom. The van der Waals surface area contributed by atoms with E-state index in [0.717, 1.165) is 33.4 Å². The van der Waals surface area contributed by atoms with Gasteiger partial charge in [0.2, 0.25) is 0 Å². The smallest absolute Gasteiger partial charge is 0.306 e. The standard InChI is InChI=1S/C28H27NO5/c1-28(2,3)34-27(30)13-8-16-33-26-12-7-4-9-19(26)17-24-22-11-6-5-10-21(22)23-15-14-20(29(31)32)18-25(23)24/h4-7,9-12,14-15,17-18H,8,13,16H2,1-3H3. The molecule has 0 atom stereocenters. The van der Waals surface area contributed by atoms with Gasteiger partial charge in [0, 0.05) is 24.1 Å². The third-order valence-electron chi connectivity index (χ3n) is 5.43. The zero-order valence-corrected chi connectivity index (χ0v) is 19.5. The zero-order valence-electron chi connectivity index (χ0n) is 19.5. The average molecular weight is 458 g/mol. The summed E-state index contributed by atoms with van der Waals surface area (Å²) in [6, 6.07) is 20.6. The Labute approximate surface area is 199 Å². The molecule has 6 heteroatoms. The Balaban J connectivity index is 1.59. The van der Waals surface area contributed by atoms with Crippen molar-refractivity contribution in [3.63, 3.8) is 0 Å². The summed E-state index contributed by atoms with van der Waals surface area (Å²) in [6.07, 6.45) is 2.83. The number of ether oxygens (including phenoxy) is 2. The molecular weight excluding hydrogens is 430 g/mol. The molecule has 0 heterocycles. The summed E-state index contributed by atoms with van der Waals surface area (Å²) < 4.78 is 11.3. The molecule has 0 saturated carbocycles. The molecule has 0 unspecified atom stereocenters. The van der Waals surface area contributed by atoms with Gasteiger partial charge in [0.1, 0.15) is 11.4 Å². The highest BCUT2D eigenvalue weighted by Gasteiger charge is 2.25. The molecule has 0 bridgehead atoms. The number of nitrogens with zero attached hydrogens (tertiary/aromatic N) is 1. The van der Waals surface area contributed by atoms with Crippen LogP contribution in [0.4, 0.5) is 5.69 Å². The highest BCUT2D eigenvalue weighted by molar-refractivity contribution is 6.07. The summed E-state index contributed by atoms with van der Waals surface area (Å²) in [5.74, 6) is 0.447. The van der Waals surface area contributed by atoms with Crippen molar-refractivity contribution >= 4 is 23.3 Å². The summed E-state index contributed by atoms with van der Waals surface area (Å²) in [5.41, 5.74) is 5.22. The number of para-hydroxylation sites is 1. The fourth-order valence-corrected chi connectivity index (χ4v) is 4.03. The van der Waals surface area contributed by atoms with Gasteiger partial charge in [0.25, 0.3) is 5.69 Å². The molecule has 174 valence electrons. The number of esters is 1. The fourth-order valence-electron chi connectivity index (χ4n) is 4.03. The van der Waals surface area contributed by atoms with Gasteiger partial charge >= 0.3 is 5.97 Å². The maximum absolute atomic E-state index is 11.9. The quantitative estimate of drug-likeness (QED) is 0.134. The number of carbonyl (C=O) groups excluding carboxylic acids is 1. The molecule has 0 N–H and O–H groups in total. The van der Waals surface area contributed by atoms with Crippen LogP contribution in [0.2, 0.25) is 0 Å². The van der Waals surface area contributed by atoms with E-state index in [1.165, 1.54) is 0 Å². The van der Waals surface area contributed by atoms with Crippen molar-refractivity contribution in [3.05, 3.63) is 93.5 Å². The van der Waals surface area contributed by atoms with Crippen molar-refractivity contribution < 1.29 is 19.2 Å². The number of nitro groups is 1. The molecule has 0 fully saturated rings. The molecule has 0 aromatic heterocycles. The second-order valence-corrected chi connectivity index (χ2v) is 9.17. The van der Waals surface area contributed by atoms with Gasteiger partial charge in [-0.1, -0.05) is 42.5 Å². The number of hydrogen-bond donors (Lipinski definition) is 0. The molecule has 0 aliphatic heterocycles. The van der Waals surface area contributed by atoms with Crippen molar-refractivity contribution in [1.82, 2.24) is 0 Å². The number of rotatable bonds is 7. The summed E-state index contributed by atoms with van der Waals surface area (Å²) in [4.78, 5) is 23.0. The molecule has 1 aliphatic carbocycles. The van der Waals surface area contributed by atoms with Crippen molar-refractivity contribution in [2.45, 2.75) is 39.2 Å². The Morgan fingerprint density at radius 1 is 0.941 bits per heavy atom. The molecule has 6 nitrogen and oxygen atoms in total. The maximum atomic E-state index is 11.9. The Morgan fingerprint density at radius 3 is 2.35 bits per heavy atom. The first kappa shape index (κ1) is 23.2. The molecular formula is C28H27NO5. The van der Waals surface area contributed by atoms with Crippen LogP contribution in [0.5, 0.6) is 5.75 Å². The predicted molar refractivity (Wildman–Crippen MR) is 133 cm³/mol. The van der Waals surface area contributed by atoms with Gasteiger partial charge in [-0.2, -0.15) is 0 Å². The van der Waals surface area contributed by atoms with Crippen LogP contribution in [0.1, 0.15) is 50.3 Å². The number of non-ortho nitro benzene ring substituents is 1. The van der Waals surface area contributed by atoms with Gasteiger partial charge in [-0.25, -0.2) is 0 Å². The molecule has 3 aromatic rings. The lowest BCUT2D eigenvalue weighted by Crippen LogP contribution is -2.23. The van der Waals surface area contributed by atoms with Gasteiger partial charge in [-0.3, -0.25) is 14.9 Å². The molecule has 0 radical (unpaired) electrons. The van der Waals surface area contributed by atoms with Crippen LogP contribution >= 0.6 is 0 Å². The SMILES string of the molecule is CC(C)(C)OC(=O)CCCOc1ccccc1C=C1c2ccccc2-c2ccc([N+](=O)[O-])cc21. The molecule has 3 aromatic carbocycles. The van der Waals surface area contributed by atoms with Crippen molar-refractivity contribution in [1.29, 1.82) is 0 Å². The lowest BCUT2D eigenvalue weighted by Gasteiger charge is -2.19. The van der Waals surface area contributed by atoms with Crippen molar-refractivity contribution in [2.75, 3.05) is 6.61 Å². The van der Waals surface area contributed by atoms with Crippen molar-refractivity contribution in [2.24, 2.45) is 0 Å². The third-order valence-corrected chi connectivity index (χ3v) is 5.43. The Hall–Kier alpha value is -3.93. The first-order valence-corrected chi connectivity index (χ1v) is 11.3. The lowest BCUT2D eigenvalue weighted by atomic mass is 10.0. The number of hydrogen-bond acceptors (Lipinski definition) is 5. The molecule has 0 spiro atoms. The largest absolute Gasteiger partial charge is 0.493 e. The molecule has 4 rings (SSSR count). The monoisotopic (exact) mass is 457 g/mol. The molecule has 1 aliphatic rings. The number of benzene rings is 3. The Kier molecular flexibility index (Phi) is 6.50.